The molecule has 9 rings (SSSR count). The molecule has 1 saturated carbocycles. The number of carbonyl (C=O) groups is 8. The lowest BCUT2D eigenvalue weighted by Crippen LogP contribution is -2.47. The van der Waals surface area contributed by atoms with Crippen molar-refractivity contribution in [3.63, 3.8) is 0 Å². The molecule has 2 aromatic carbocycles. The predicted molar refractivity (Wildman–Crippen MR) is 341 cm³/mol. The number of phenols is 1. The molecule has 0 unspecified atom stereocenters. The summed E-state index contributed by atoms with van der Waals surface area (Å²) in [6.45, 7) is 12.6. The van der Waals surface area contributed by atoms with Crippen LogP contribution in [-0.2, 0) is 107 Å². The van der Waals surface area contributed by atoms with Crippen LogP contribution in [-0.4, -0.2) is 145 Å². The van der Waals surface area contributed by atoms with Crippen LogP contribution < -0.4 is 32.6 Å². The van der Waals surface area contributed by atoms with Gasteiger partial charge in [-0.15, -0.1) is 5.10 Å². The average molecular weight is 1300 g/mol. The number of nitrogens with two attached hydrogens (primary N) is 1. The maximum absolute atomic E-state index is 14.1. The molecule has 27 heteroatoms. The SMILES string of the molecule is CCc1c2c(nc3ccc(O)cc13)-c1cc3c(c(=O)n1C2)COC(=O)[C@@]3(CC)OC(=O)OCc1ccc(NC(=O)[C@H](CCCCN)NC(=O)COCC(=O)NCCC(C)(C)OCCC(C)(C)OCCn2cc(CNC(=O)C3CCC(CN4C(=O)C=CC4=O)CC3)nn2)cc1. The summed E-state index contributed by atoms with van der Waals surface area (Å²) in [7, 11) is 0. The first-order chi connectivity index (χ1) is 45.0. The number of aromatic nitrogens is 5. The van der Waals surface area contributed by atoms with Crippen LogP contribution in [0.4, 0.5) is 10.5 Å². The highest BCUT2D eigenvalue weighted by atomic mass is 16.7. The van der Waals surface area contributed by atoms with Crippen LogP contribution in [0.25, 0.3) is 22.3 Å². The fraction of sp³-hybridized carbons (Fsp3) is 0.522. The molecular formula is C67H85N11O16. The van der Waals surface area contributed by atoms with Crippen molar-refractivity contribution in [1.82, 2.24) is 45.4 Å². The van der Waals surface area contributed by atoms with Crippen molar-refractivity contribution in [2.75, 3.05) is 51.4 Å². The van der Waals surface area contributed by atoms with E-state index in [-0.39, 0.29) is 92.1 Å². The van der Waals surface area contributed by atoms with Gasteiger partial charge < -0.3 is 65.1 Å². The van der Waals surface area contributed by atoms with Gasteiger partial charge in [0.2, 0.25) is 29.2 Å². The second-order valence-corrected chi connectivity index (χ2v) is 25.4. The number of nitrogens with zero attached hydrogens (tertiary/aromatic N) is 6. The zero-order valence-electron chi connectivity index (χ0n) is 54.2. The van der Waals surface area contributed by atoms with Crippen LogP contribution in [0.15, 0.2) is 71.7 Å². The number of hydrogen-bond donors (Lipinski definition) is 6. The quantitative estimate of drug-likeness (QED) is 0.0175. The lowest BCUT2D eigenvalue weighted by molar-refractivity contribution is -0.175. The molecule has 6 amide bonds. The topological polar surface area (TPSA) is 355 Å². The standard InChI is InChI=1S/C67H85N11O16/c1-7-47-48-31-46(79)20-21-52(48)73-59-49(47)36-77-54(59)32-51-50(62(77)86)38-90-63(87)67(51,8-2)94-64(88)91-37-42-14-18-44(19-15-42)71-61(85)53(11-9-10-26-68)72-56(81)40-89-39-55(80)69-27-24-65(3,4)92-29-25-66(5,6)93-30-28-76-35-45(74-75-76)33-70-60(84)43-16-12-41(13-17-43)34-78-57(82)22-23-58(78)83/h14-15,18-23,31-32,35,41,43,53,79H,7-13,16-17,24-30,33-34,36-40,68H2,1-6H3,(H,69,80)(H,70,84)(H,71,85)(H,72,81)/t41?,43?,53-,67-/m0/s1. The van der Waals surface area contributed by atoms with E-state index in [1.165, 1.54) is 17.1 Å². The number of unbranched alkanes of at least 4 members (excludes halogenated alkanes) is 1. The number of nitrogens with one attached hydrogen (secondary N) is 4. The monoisotopic (exact) mass is 1300 g/mol. The lowest BCUT2D eigenvalue weighted by atomic mass is 9.81. The maximum atomic E-state index is 14.1. The van der Waals surface area contributed by atoms with Crippen molar-refractivity contribution >= 4 is 64.2 Å². The van der Waals surface area contributed by atoms with Gasteiger partial charge in [-0.25, -0.2) is 19.3 Å². The highest BCUT2D eigenvalue weighted by molar-refractivity contribution is 6.12. The van der Waals surface area contributed by atoms with Gasteiger partial charge in [-0.05, 0) is 158 Å². The van der Waals surface area contributed by atoms with Crippen molar-refractivity contribution in [1.29, 1.82) is 0 Å². The van der Waals surface area contributed by atoms with E-state index in [0.717, 1.165) is 29.4 Å². The third-order valence-electron chi connectivity index (χ3n) is 17.7. The fourth-order valence-electron chi connectivity index (χ4n) is 12.2. The van der Waals surface area contributed by atoms with Crippen LogP contribution >= 0.6 is 0 Å². The molecule has 6 heterocycles. The minimum atomic E-state index is -2.01. The van der Waals surface area contributed by atoms with Gasteiger partial charge in [0.1, 0.15) is 43.9 Å². The van der Waals surface area contributed by atoms with Crippen LogP contribution in [0, 0.1) is 11.8 Å². The van der Waals surface area contributed by atoms with Gasteiger partial charge >= 0.3 is 12.1 Å². The Morgan fingerprint density at radius 2 is 1.59 bits per heavy atom. The van der Waals surface area contributed by atoms with Crippen LogP contribution in [0.5, 0.6) is 5.75 Å². The van der Waals surface area contributed by atoms with Gasteiger partial charge in [-0.2, -0.15) is 0 Å². The number of cyclic esters (lactones) is 1. The number of fused-ring (bicyclic) bond motifs is 5. The zero-order valence-corrected chi connectivity index (χ0v) is 54.2. The minimum Gasteiger partial charge on any atom is -0.508 e. The van der Waals surface area contributed by atoms with Gasteiger partial charge in [-0.1, -0.05) is 31.2 Å². The number of ether oxygens (including phenoxy) is 6. The molecule has 0 radical (unpaired) electrons. The number of pyridine rings is 2. The smallest absolute Gasteiger partial charge is 0.508 e. The maximum Gasteiger partial charge on any atom is 0.510 e. The molecule has 0 spiro atoms. The number of esters is 1. The third kappa shape index (κ3) is 17.3. The Bertz CT molecular complexity index is 3700. The Labute approximate surface area is 544 Å². The largest absolute Gasteiger partial charge is 0.510 e. The summed E-state index contributed by atoms with van der Waals surface area (Å²) in [4.78, 5) is 124. The fourth-order valence-corrected chi connectivity index (χ4v) is 12.2. The highest BCUT2D eigenvalue weighted by Gasteiger charge is 2.51. The van der Waals surface area contributed by atoms with E-state index in [2.05, 4.69) is 31.6 Å². The first-order valence-electron chi connectivity index (χ1n) is 32.2. The molecule has 4 aliphatic rings. The Balaban J connectivity index is 0.650. The molecule has 7 N–H and O–H groups in total. The number of anilines is 1. The van der Waals surface area contributed by atoms with E-state index in [4.69, 9.17) is 39.1 Å². The molecule has 3 aliphatic heterocycles. The van der Waals surface area contributed by atoms with E-state index >= 15 is 0 Å². The second-order valence-electron chi connectivity index (χ2n) is 25.4. The molecule has 3 aromatic heterocycles. The summed E-state index contributed by atoms with van der Waals surface area (Å²) in [5.41, 5.74) is 7.41. The normalized spacial score (nSPS) is 17.9. The van der Waals surface area contributed by atoms with Crippen molar-refractivity contribution in [2.24, 2.45) is 17.6 Å². The number of amides is 6. The summed E-state index contributed by atoms with van der Waals surface area (Å²) >= 11 is 0. The zero-order chi connectivity index (χ0) is 67.3. The van der Waals surface area contributed by atoms with Crippen LogP contribution in [0.1, 0.15) is 139 Å². The van der Waals surface area contributed by atoms with Crippen molar-refractivity contribution in [3.8, 4) is 17.1 Å². The van der Waals surface area contributed by atoms with E-state index in [1.54, 1.807) is 70.9 Å². The summed E-state index contributed by atoms with van der Waals surface area (Å²) in [5, 5.41) is 30.7. The van der Waals surface area contributed by atoms with Crippen molar-refractivity contribution in [3.05, 3.63) is 111 Å². The number of imide groups is 1. The number of aryl methyl sites for hydroxylation is 1. The molecule has 504 valence electrons. The summed E-state index contributed by atoms with van der Waals surface area (Å²) in [6, 6.07) is 12.0. The van der Waals surface area contributed by atoms with E-state index < -0.39 is 71.5 Å². The third-order valence-corrected chi connectivity index (χ3v) is 17.7. The van der Waals surface area contributed by atoms with Crippen LogP contribution in [0.3, 0.4) is 0 Å². The molecule has 1 aliphatic carbocycles. The molecule has 1 fully saturated rings. The van der Waals surface area contributed by atoms with Gasteiger partial charge in [0.05, 0.1) is 72.7 Å². The van der Waals surface area contributed by atoms with Crippen molar-refractivity contribution in [2.45, 2.75) is 168 Å². The summed E-state index contributed by atoms with van der Waals surface area (Å²) in [6.07, 6.45) is 9.07. The van der Waals surface area contributed by atoms with E-state index in [1.807, 2.05) is 34.6 Å². The Morgan fingerprint density at radius 1 is 0.862 bits per heavy atom. The lowest BCUT2D eigenvalue weighted by Gasteiger charge is -2.35. The van der Waals surface area contributed by atoms with Crippen LogP contribution in [0.2, 0.25) is 0 Å². The molecule has 0 bridgehead atoms. The second kappa shape index (κ2) is 30.9. The summed E-state index contributed by atoms with van der Waals surface area (Å²) in [5.74, 6) is -2.88. The number of benzene rings is 2. The van der Waals surface area contributed by atoms with E-state index in [0.29, 0.717) is 112 Å². The Kier molecular flexibility index (Phi) is 22.8. The number of carbonyl (C=O) groups excluding carboxylic acids is 8. The molecular weight excluding hydrogens is 1210 g/mol. The first-order valence-corrected chi connectivity index (χ1v) is 32.2. The number of aromatic hydroxyl groups is 1. The summed E-state index contributed by atoms with van der Waals surface area (Å²) < 4.78 is 37.8. The number of rotatable bonds is 32. The predicted octanol–water partition coefficient (Wildman–Crippen LogP) is 5.40. The highest BCUT2D eigenvalue weighted by Crippen LogP contribution is 2.43. The van der Waals surface area contributed by atoms with E-state index in [9.17, 15) is 48.3 Å². The molecule has 0 saturated heterocycles. The van der Waals surface area contributed by atoms with Gasteiger partial charge in [-0.3, -0.25) is 38.5 Å². The number of hydrogen-bond acceptors (Lipinski definition) is 20. The Hall–Kier alpha value is -8.92. The first kappa shape index (κ1) is 69.4. The van der Waals surface area contributed by atoms with Gasteiger partial charge in [0.15, 0.2) is 0 Å². The molecule has 5 aromatic rings. The van der Waals surface area contributed by atoms with Gasteiger partial charge in [0.25, 0.3) is 17.4 Å². The Morgan fingerprint density at radius 3 is 2.31 bits per heavy atom. The molecule has 94 heavy (non-hydrogen) atoms. The minimum absolute atomic E-state index is 0.0480. The molecule has 2 atom stereocenters. The average Bonchev–Trinajstić information content (AvgIpc) is 1.48. The van der Waals surface area contributed by atoms with Gasteiger partial charge in [0, 0.05) is 53.4 Å². The molecule has 27 nitrogen and oxygen atoms in total. The number of phenolic OH excluding ortho intramolecular Hbond substituents is 1. The van der Waals surface area contributed by atoms with Crippen molar-refractivity contribution < 1.29 is 71.9 Å².